The summed E-state index contributed by atoms with van der Waals surface area (Å²) in [5.41, 5.74) is 12.0. The monoisotopic (exact) mass is 583 g/mol. The average Bonchev–Trinajstić information content (AvgIpc) is 3.48. The summed E-state index contributed by atoms with van der Waals surface area (Å²) < 4.78 is 2.72. The highest BCUT2D eigenvalue weighted by Crippen LogP contribution is 2.58. The van der Waals surface area contributed by atoms with E-state index in [0.29, 0.717) is 0 Å². The smallest absolute Gasteiger partial charge is 0.0503 e. The molecule has 9 rings (SSSR count). The molecule has 1 fully saturated rings. The molecule has 0 saturated heterocycles. The number of benzene rings is 6. The maximum absolute atomic E-state index is 2.54. The predicted octanol–water partition coefficient (Wildman–Crippen LogP) is 12.4. The Morgan fingerprint density at radius 3 is 1.95 bits per heavy atom. The van der Waals surface area contributed by atoms with Crippen molar-refractivity contribution in [1.82, 2.24) is 0 Å². The van der Waals surface area contributed by atoms with Gasteiger partial charge in [-0.2, -0.15) is 0 Å². The molecule has 1 aromatic heterocycles. The molecule has 44 heavy (non-hydrogen) atoms. The van der Waals surface area contributed by atoms with E-state index in [1.807, 2.05) is 11.3 Å². The molecule has 1 aliphatic carbocycles. The van der Waals surface area contributed by atoms with Crippen LogP contribution in [0, 0.1) is 0 Å². The average molecular weight is 584 g/mol. The quantitative estimate of drug-likeness (QED) is 0.200. The lowest BCUT2D eigenvalue weighted by Crippen LogP contribution is -2.37. The van der Waals surface area contributed by atoms with Gasteiger partial charge in [-0.25, -0.2) is 0 Å². The molecular weight excluding hydrogens is 551 g/mol. The van der Waals surface area contributed by atoms with Gasteiger partial charge < -0.3 is 4.90 Å². The van der Waals surface area contributed by atoms with Gasteiger partial charge in [0.1, 0.15) is 0 Å². The van der Waals surface area contributed by atoms with E-state index in [1.54, 1.807) is 0 Å². The van der Waals surface area contributed by atoms with Crippen molar-refractivity contribution in [3.8, 4) is 22.3 Å². The first-order chi connectivity index (χ1) is 21.8. The summed E-state index contributed by atoms with van der Waals surface area (Å²) in [5, 5.41) is 2.72. The number of thiophene rings is 1. The molecule has 0 radical (unpaired) electrons. The summed E-state index contributed by atoms with van der Waals surface area (Å²) in [7, 11) is 0. The first-order valence-corrected chi connectivity index (χ1v) is 16.7. The fourth-order valence-corrected chi connectivity index (χ4v) is 9.04. The Morgan fingerprint density at radius 1 is 0.455 bits per heavy atom. The van der Waals surface area contributed by atoms with Crippen LogP contribution >= 0.6 is 11.3 Å². The number of hydrogen-bond donors (Lipinski definition) is 0. The van der Waals surface area contributed by atoms with Crippen molar-refractivity contribution in [1.29, 1.82) is 0 Å². The van der Waals surface area contributed by atoms with Gasteiger partial charge in [-0.1, -0.05) is 110 Å². The second kappa shape index (κ2) is 10.2. The Bertz CT molecular complexity index is 2150. The largest absolute Gasteiger partial charge is 0.310 e. The lowest BCUT2D eigenvalue weighted by atomic mass is 9.62. The van der Waals surface area contributed by atoms with Gasteiger partial charge in [0.05, 0.1) is 11.4 Å². The van der Waals surface area contributed by atoms with E-state index in [2.05, 4.69) is 144 Å². The van der Waals surface area contributed by atoms with Crippen LogP contribution in [0.15, 0.2) is 140 Å². The lowest BCUT2D eigenvalue weighted by Gasteiger charge is -2.47. The molecule has 0 bridgehead atoms. The summed E-state index contributed by atoms with van der Waals surface area (Å²) >= 11 is 1.89. The summed E-state index contributed by atoms with van der Waals surface area (Å²) in [4.78, 5) is 2.51. The molecule has 0 unspecified atom stereocenters. The minimum absolute atomic E-state index is 0.0415. The van der Waals surface area contributed by atoms with Crippen molar-refractivity contribution in [2.75, 3.05) is 4.90 Å². The second-order valence-electron chi connectivity index (χ2n) is 12.4. The first-order valence-electron chi connectivity index (χ1n) is 15.9. The van der Waals surface area contributed by atoms with E-state index in [0.717, 1.165) is 0 Å². The van der Waals surface area contributed by atoms with Crippen LogP contribution in [0.1, 0.15) is 43.2 Å². The van der Waals surface area contributed by atoms with E-state index in [1.165, 1.54) is 103 Å². The summed E-state index contributed by atoms with van der Waals surface area (Å²) in [6, 6.07) is 52.2. The van der Waals surface area contributed by atoms with Crippen LogP contribution < -0.4 is 4.90 Å². The molecule has 1 saturated carbocycles. The SMILES string of the molecule is c1ccc(-c2ccc(N3c4ccccc4C4(CCCCC4)c4cc(-c5ccc6sc7ccccc7c6c5)ccc43)cc2)cc1. The molecule has 2 aliphatic rings. The Morgan fingerprint density at radius 2 is 1.09 bits per heavy atom. The number of para-hydroxylation sites is 1. The van der Waals surface area contributed by atoms with Crippen LogP contribution in [-0.2, 0) is 5.41 Å². The molecule has 0 amide bonds. The normalized spacial score (nSPS) is 15.4. The van der Waals surface area contributed by atoms with Crippen LogP contribution in [0.25, 0.3) is 42.4 Å². The Labute approximate surface area is 263 Å². The van der Waals surface area contributed by atoms with Crippen molar-refractivity contribution in [3.05, 3.63) is 151 Å². The molecule has 1 spiro atoms. The van der Waals surface area contributed by atoms with E-state index in [-0.39, 0.29) is 5.41 Å². The van der Waals surface area contributed by atoms with Gasteiger partial charge in [-0.3, -0.25) is 0 Å². The molecule has 1 nitrogen and oxygen atoms in total. The minimum Gasteiger partial charge on any atom is -0.310 e. The molecule has 1 aliphatic heterocycles. The van der Waals surface area contributed by atoms with Crippen LogP contribution in [0.5, 0.6) is 0 Å². The fraction of sp³-hybridized carbons (Fsp3) is 0.143. The molecule has 7 aromatic rings. The first kappa shape index (κ1) is 25.8. The highest BCUT2D eigenvalue weighted by atomic mass is 32.1. The van der Waals surface area contributed by atoms with E-state index in [4.69, 9.17) is 0 Å². The third-order valence-corrected chi connectivity index (χ3v) is 11.2. The fourth-order valence-electron chi connectivity index (χ4n) is 7.95. The Kier molecular flexibility index (Phi) is 5.99. The highest BCUT2D eigenvalue weighted by Gasteiger charge is 2.44. The second-order valence-corrected chi connectivity index (χ2v) is 13.5. The molecule has 0 N–H and O–H groups in total. The molecular formula is C42H33NS. The summed E-state index contributed by atoms with van der Waals surface area (Å²) in [5.74, 6) is 0. The van der Waals surface area contributed by atoms with Gasteiger partial charge >= 0.3 is 0 Å². The third-order valence-electron chi connectivity index (χ3n) is 10.1. The lowest BCUT2D eigenvalue weighted by molar-refractivity contribution is 0.344. The van der Waals surface area contributed by atoms with Gasteiger partial charge in [-0.05, 0) is 94.8 Å². The van der Waals surface area contributed by atoms with E-state index >= 15 is 0 Å². The molecule has 2 heterocycles. The zero-order valence-corrected chi connectivity index (χ0v) is 25.5. The van der Waals surface area contributed by atoms with Gasteiger partial charge in [0, 0.05) is 31.3 Å². The predicted molar refractivity (Wildman–Crippen MR) is 189 cm³/mol. The van der Waals surface area contributed by atoms with Gasteiger partial charge in [0.2, 0.25) is 0 Å². The number of hydrogen-bond acceptors (Lipinski definition) is 2. The third kappa shape index (κ3) is 3.98. The maximum Gasteiger partial charge on any atom is 0.0503 e. The molecule has 2 heteroatoms. The zero-order chi connectivity index (χ0) is 29.1. The van der Waals surface area contributed by atoms with Crippen LogP contribution in [-0.4, -0.2) is 0 Å². The van der Waals surface area contributed by atoms with Crippen molar-refractivity contribution < 1.29 is 0 Å². The Balaban J connectivity index is 1.22. The van der Waals surface area contributed by atoms with Crippen LogP contribution in [0.3, 0.4) is 0 Å². The molecule has 6 aromatic carbocycles. The number of nitrogens with zero attached hydrogens (tertiary/aromatic N) is 1. The minimum atomic E-state index is 0.0415. The molecule has 0 atom stereocenters. The molecule has 212 valence electrons. The standard InChI is InChI=1S/C42H33NS/c1-3-11-29(12-4-1)30-17-21-33(22-18-30)43-38-15-7-6-14-36(38)42(25-9-2-10-26-42)37-28-32(19-23-39(37)43)31-20-24-41-35(27-31)34-13-5-8-16-40(34)44-41/h1,3-8,11-24,27-28H,2,9-10,25-26H2. The van der Waals surface area contributed by atoms with Crippen molar-refractivity contribution in [3.63, 3.8) is 0 Å². The van der Waals surface area contributed by atoms with Crippen LogP contribution in [0.4, 0.5) is 17.1 Å². The number of anilines is 3. The summed E-state index contributed by atoms with van der Waals surface area (Å²) in [6.07, 6.45) is 6.28. The van der Waals surface area contributed by atoms with Crippen molar-refractivity contribution in [2.24, 2.45) is 0 Å². The van der Waals surface area contributed by atoms with Gasteiger partial charge in [0.15, 0.2) is 0 Å². The summed E-state index contributed by atoms with van der Waals surface area (Å²) in [6.45, 7) is 0. The number of fused-ring (bicyclic) bond motifs is 7. The number of rotatable bonds is 3. The van der Waals surface area contributed by atoms with Gasteiger partial charge in [0.25, 0.3) is 0 Å². The maximum atomic E-state index is 2.54. The topological polar surface area (TPSA) is 3.24 Å². The Hall–Kier alpha value is -4.66. The van der Waals surface area contributed by atoms with E-state index < -0.39 is 0 Å². The van der Waals surface area contributed by atoms with E-state index in [9.17, 15) is 0 Å². The van der Waals surface area contributed by atoms with Crippen molar-refractivity contribution in [2.45, 2.75) is 37.5 Å². The van der Waals surface area contributed by atoms with Gasteiger partial charge in [-0.15, -0.1) is 11.3 Å². The van der Waals surface area contributed by atoms with Crippen molar-refractivity contribution >= 4 is 48.6 Å². The highest BCUT2D eigenvalue weighted by molar-refractivity contribution is 7.25. The zero-order valence-electron chi connectivity index (χ0n) is 24.7. The van der Waals surface area contributed by atoms with Crippen LogP contribution in [0.2, 0.25) is 0 Å².